The van der Waals surface area contributed by atoms with Crippen molar-refractivity contribution < 1.29 is 14.7 Å². The van der Waals surface area contributed by atoms with Crippen LogP contribution in [0.1, 0.15) is 24.0 Å². The maximum absolute atomic E-state index is 10.6. The van der Waals surface area contributed by atoms with Gasteiger partial charge in [-0.05, 0) is 18.9 Å². The number of carbonyl (C=O) groups is 1. The number of hydrogen-bond acceptors (Lipinski definition) is 4. The van der Waals surface area contributed by atoms with Crippen LogP contribution in [0.5, 0.6) is 5.75 Å². The van der Waals surface area contributed by atoms with Gasteiger partial charge in [-0.3, -0.25) is 4.79 Å². The van der Waals surface area contributed by atoms with Crippen LogP contribution in [-0.4, -0.2) is 23.4 Å². The van der Waals surface area contributed by atoms with E-state index in [1.165, 1.54) is 0 Å². The Morgan fingerprint density at radius 2 is 2.29 bits per heavy atom. The highest BCUT2D eigenvalue weighted by Gasteiger charge is 2.21. The van der Waals surface area contributed by atoms with E-state index in [0.29, 0.717) is 12.1 Å². The second-order valence-corrected chi connectivity index (χ2v) is 3.89. The molecule has 0 atom stereocenters. The van der Waals surface area contributed by atoms with E-state index in [1.807, 2.05) is 18.2 Å². The molecule has 1 amide bonds. The van der Waals surface area contributed by atoms with Crippen LogP contribution < -0.4 is 10.5 Å². The number of amides is 1. The van der Waals surface area contributed by atoms with Crippen molar-refractivity contribution in [2.75, 3.05) is 6.61 Å². The molecular formula is C12H14N2O3. The number of ether oxygens (including phenoxy) is 1. The normalized spacial score (nSPS) is 15.9. The Hall–Kier alpha value is -2.04. The van der Waals surface area contributed by atoms with Gasteiger partial charge in [0.25, 0.3) is 0 Å². The molecule has 1 aromatic carbocycles. The molecule has 1 aromatic rings. The number of benzene rings is 1. The summed E-state index contributed by atoms with van der Waals surface area (Å²) in [5.41, 5.74) is 7.68. The van der Waals surface area contributed by atoms with Crippen molar-refractivity contribution in [2.24, 2.45) is 10.9 Å². The molecule has 0 bridgehead atoms. The van der Waals surface area contributed by atoms with Gasteiger partial charge in [0.2, 0.25) is 5.91 Å². The lowest BCUT2D eigenvalue weighted by Crippen LogP contribution is -2.14. The lowest BCUT2D eigenvalue weighted by molar-refractivity contribution is -0.118. The van der Waals surface area contributed by atoms with E-state index >= 15 is 0 Å². The fourth-order valence-electron chi connectivity index (χ4n) is 1.97. The summed E-state index contributed by atoms with van der Waals surface area (Å²) in [6, 6.07) is 5.59. The van der Waals surface area contributed by atoms with Crippen LogP contribution in [0, 0.1) is 0 Å². The first-order valence-electron chi connectivity index (χ1n) is 5.46. The lowest BCUT2D eigenvalue weighted by Gasteiger charge is -2.09. The average Bonchev–Trinajstić information content (AvgIpc) is 2.72. The van der Waals surface area contributed by atoms with E-state index in [-0.39, 0.29) is 18.9 Å². The molecule has 5 nitrogen and oxygen atoms in total. The topological polar surface area (TPSA) is 84.9 Å². The van der Waals surface area contributed by atoms with Crippen molar-refractivity contribution in [1.82, 2.24) is 0 Å². The Morgan fingerprint density at radius 3 is 3.00 bits per heavy atom. The van der Waals surface area contributed by atoms with E-state index in [0.717, 1.165) is 23.3 Å². The second kappa shape index (κ2) is 4.86. The standard InChI is InChI=1S/C12H14N2O3/c13-12(15)6-7-17-11-3-1-2-8-9(11)4-5-10(8)14-16/h1-3,16H,4-7H2,(H2,13,15). The van der Waals surface area contributed by atoms with Crippen LogP contribution in [-0.2, 0) is 11.2 Å². The SMILES string of the molecule is NC(=O)CCOc1cccc2c1CCC2=NO. The van der Waals surface area contributed by atoms with Gasteiger partial charge in [0.15, 0.2) is 0 Å². The third-order valence-electron chi connectivity index (χ3n) is 2.78. The fraction of sp³-hybridized carbons (Fsp3) is 0.333. The lowest BCUT2D eigenvalue weighted by atomic mass is 10.1. The molecule has 17 heavy (non-hydrogen) atoms. The van der Waals surface area contributed by atoms with Crippen LogP contribution >= 0.6 is 0 Å². The number of oxime groups is 1. The van der Waals surface area contributed by atoms with Crippen molar-refractivity contribution in [3.63, 3.8) is 0 Å². The summed E-state index contributed by atoms with van der Waals surface area (Å²) in [4.78, 5) is 10.6. The van der Waals surface area contributed by atoms with Gasteiger partial charge in [0, 0.05) is 11.1 Å². The minimum Gasteiger partial charge on any atom is -0.493 e. The van der Waals surface area contributed by atoms with Gasteiger partial charge < -0.3 is 15.7 Å². The van der Waals surface area contributed by atoms with E-state index in [9.17, 15) is 4.79 Å². The molecule has 3 N–H and O–H groups in total. The van der Waals surface area contributed by atoms with Gasteiger partial charge in [-0.15, -0.1) is 0 Å². The maximum Gasteiger partial charge on any atom is 0.220 e. The van der Waals surface area contributed by atoms with E-state index in [1.54, 1.807) is 0 Å². The van der Waals surface area contributed by atoms with E-state index < -0.39 is 0 Å². The predicted octanol–water partition coefficient (Wildman–Crippen LogP) is 1.07. The minimum atomic E-state index is -0.379. The average molecular weight is 234 g/mol. The number of nitrogens with zero attached hydrogens (tertiary/aromatic N) is 1. The molecule has 0 spiro atoms. The zero-order valence-corrected chi connectivity index (χ0v) is 9.35. The Labute approximate surface area is 98.9 Å². The maximum atomic E-state index is 10.6. The third-order valence-corrected chi connectivity index (χ3v) is 2.78. The summed E-state index contributed by atoms with van der Waals surface area (Å²) in [6.07, 6.45) is 1.70. The number of primary amides is 1. The number of rotatable bonds is 4. The molecule has 0 fully saturated rings. The van der Waals surface area contributed by atoms with Crippen molar-refractivity contribution >= 4 is 11.6 Å². The molecule has 0 aliphatic heterocycles. The predicted molar refractivity (Wildman–Crippen MR) is 62.4 cm³/mol. The van der Waals surface area contributed by atoms with Crippen LogP contribution in [0.25, 0.3) is 0 Å². The Bertz CT molecular complexity index is 469. The summed E-state index contributed by atoms with van der Waals surface area (Å²) in [7, 11) is 0. The summed E-state index contributed by atoms with van der Waals surface area (Å²) in [6.45, 7) is 0.275. The number of nitrogens with two attached hydrogens (primary N) is 1. The van der Waals surface area contributed by atoms with Gasteiger partial charge in [-0.1, -0.05) is 17.3 Å². The number of fused-ring (bicyclic) bond motifs is 1. The summed E-state index contributed by atoms with van der Waals surface area (Å²) in [5, 5.41) is 12.1. The molecular weight excluding hydrogens is 220 g/mol. The van der Waals surface area contributed by atoms with Gasteiger partial charge in [0.1, 0.15) is 5.75 Å². The molecule has 1 aliphatic carbocycles. The zero-order valence-electron chi connectivity index (χ0n) is 9.35. The molecule has 0 saturated heterocycles. The Balaban J connectivity index is 2.15. The fourth-order valence-corrected chi connectivity index (χ4v) is 1.97. The molecule has 0 radical (unpaired) electrons. The monoisotopic (exact) mass is 234 g/mol. The van der Waals surface area contributed by atoms with Gasteiger partial charge in [-0.2, -0.15) is 0 Å². The third kappa shape index (κ3) is 2.38. The molecule has 0 unspecified atom stereocenters. The first kappa shape index (κ1) is 11.4. The first-order chi connectivity index (χ1) is 8.22. The van der Waals surface area contributed by atoms with Crippen LogP contribution in [0.4, 0.5) is 0 Å². The summed E-state index contributed by atoms with van der Waals surface area (Å²) in [5.74, 6) is 0.359. The van der Waals surface area contributed by atoms with Crippen LogP contribution in [0.2, 0.25) is 0 Å². The van der Waals surface area contributed by atoms with Gasteiger partial charge in [-0.25, -0.2) is 0 Å². The van der Waals surface area contributed by atoms with Crippen LogP contribution in [0.3, 0.4) is 0 Å². The van der Waals surface area contributed by atoms with E-state index in [4.69, 9.17) is 15.7 Å². The van der Waals surface area contributed by atoms with Crippen molar-refractivity contribution in [3.8, 4) is 5.75 Å². The van der Waals surface area contributed by atoms with Crippen LogP contribution in [0.15, 0.2) is 23.4 Å². The van der Waals surface area contributed by atoms with Gasteiger partial charge in [0.05, 0.1) is 18.7 Å². The molecule has 90 valence electrons. The first-order valence-corrected chi connectivity index (χ1v) is 5.46. The molecule has 0 saturated carbocycles. The molecule has 5 heteroatoms. The molecule has 2 rings (SSSR count). The Morgan fingerprint density at radius 1 is 1.47 bits per heavy atom. The molecule has 1 aliphatic rings. The minimum absolute atomic E-state index is 0.199. The van der Waals surface area contributed by atoms with Crippen molar-refractivity contribution in [2.45, 2.75) is 19.3 Å². The van der Waals surface area contributed by atoms with Gasteiger partial charge >= 0.3 is 0 Å². The molecule has 0 heterocycles. The largest absolute Gasteiger partial charge is 0.493 e. The van der Waals surface area contributed by atoms with E-state index in [2.05, 4.69) is 5.16 Å². The molecule has 0 aromatic heterocycles. The zero-order chi connectivity index (χ0) is 12.3. The number of carbonyl (C=O) groups excluding carboxylic acids is 1. The number of hydrogen-bond donors (Lipinski definition) is 2. The summed E-state index contributed by atoms with van der Waals surface area (Å²) < 4.78 is 5.52. The Kier molecular flexibility index (Phi) is 3.27. The highest BCUT2D eigenvalue weighted by Crippen LogP contribution is 2.30. The highest BCUT2D eigenvalue weighted by atomic mass is 16.5. The summed E-state index contributed by atoms with van der Waals surface area (Å²) >= 11 is 0. The van der Waals surface area contributed by atoms with Crippen molar-refractivity contribution in [1.29, 1.82) is 0 Å². The highest BCUT2D eigenvalue weighted by molar-refractivity contribution is 6.04. The smallest absolute Gasteiger partial charge is 0.220 e. The van der Waals surface area contributed by atoms with Crippen molar-refractivity contribution in [3.05, 3.63) is 29.3 Å². The second-order valence-electron chi connectivity index (χ2n) is 3.89. The quantitative estimate of drug-likeness (QED) is 0.603.